The van der Waals surface area contributed by atoms with Crippen molar-refractivity contribution in [3.05, 3.63) is 83.7 Å². The summed E-state index contributed by atoms with van der Waals surface area (Å²) < 4.78 is 65.9. The van der Waals surface area contributed by atoms with E-state index >= 15 is 0 Å². The van der Waals surface area contributed by atoms with Gasteiger partial charge in [0.25, 0.3) is 23.7 Å². The maximum atomic E-state index is 13.8. The first kappa shape index (κ1) is 43.5. The molecule has 0 bridgehead atoms. The first-order valence-corrected chi connectivity index (χ1v) is 20.9. The maximum absolute atomic E-state index is 13.8. The molecule has 324 valence electrons. The zero-order valence-corrected chi connectivity index (χ0v) is 35.8. The summed E-state index contributed by atoms with van der Waals surface area (Å²) in [6, 6.07) is 15.9. The highest BCUT2D eigenvalue weighted by molar-refractivity contribution is 5.86. The molecule has 0 spiro atoms. The Morgan fingerprint density at radius 1 is 0.633 bits per heavy atom. The third-order valence-electron chi connectivity index (χ3n) is 12.7. The van der Waals surface area contributed by atoms with Crippen LogP contribution < -0.4 is 10.6 Å². The Morgan fingerprint density at radius 3 is 1.27 bits per heavy atom. The second-order valence-corrected chi connectivity index (χ2v) is 19.7. The number of aromatic nitrogens is 4. The highest BCUT2D eigenvalue weighted by Crippen LogP contribution is 2.49. The third kappa shape index (κ3) is 9.19. The lowest BCUT2D eigenvalue weighted by atomic mass is 9.67. The first-order valence-electron chi connectivity index (χ1n) is 20.9. The second-order valence-electron chi connectivity index (χ2n) is 19.7. The van der Waals surface area contributed by atoms with Crippen molar-refractivity contribution in [3.63, 3.8) is 0 Å². The average molecular weight is 835 g/mol. The van der Waals surface area contributed by atoms with Gasteiger partial charge in [-0.3, -0.25) is 9.59 Å². The maximum Gasteiger partial charge on any atom is 0.271 e. The van der Waals surface area contributed by atoms with Crippen LogP contribution in [0.25, 0.3) is 22.5 Å². The number of benzene rings is 2. The molecule has 2 saturated heterocycles. The predicted molar refractivity (Wildman–Crippen MR) is 221 cm³/mol. The van der Waals surface area contributed by atoms with Gasteiger partial charge in [-0.25, -0.2) is 27.5 Å². The number of nitrogens with zero attached hydrogens (tertiary/aromatic N) is 2. The van der Waals surface area contributed by atoms with Crippen molar-refractivity contribution in [1.29, 1.82) is 0 Å². The third-order valence-corrected chi connectivity index (χ3v) is 12.7. The van der Waals surface area contributed by atoms with Crippen LogP contribution in [0.3, 0.4) is 0 Å². The molecule has 4 aromatic rings. The van der Waals surface area contributed by atoms with Crippen molar-refractivity contribution >= 4 is 11.8 Å². The van der Waals surface area contributed by atoms with E-state index < -0.39 is 83.8 Å². The monoisotopic (exact) mass is 834 g/mol. The molecule has 14 heteroatoms. The number of amides is 2. The molecule has 1 aliphatic carbocycles. The summed E-state index contributed by atoms with van der Waals surface area (Å²) in [5, 5.41) is 6.07. The fraction of sp³-hybridized carbons (Fsp3) is 0.565. The fourth-order valence-electron chi connectivity index (χ4n) is 8.35. The van der Waals surface area contributed by atoms with Crippen LogP contribution in [0.1, 0.15) is 141 Å². The largest absolute Gasteiger partial charge is 0.359 e. The van der Waals surface area contributed by atoms with E-state index in [9.17, 15) is 27.2 Å². The second kappa shape index (κ2) is 15.7. The molecule has 3 aliphatic rings. The van der Waals surface area contributed by atoms with Gasteiger partial charge in [0.15, 0.2) is 0 Å². The van der Waals surface area contributed by atoms with E-state index in [0.717, 1.165) is 35.4 Å². The summed E-state index contributed by atoms with van der Waals surface area (Å²) >= 11 is 0. The zero-order valence-electron chi connectivity index (χ0n) is 35.8. The minimum absolute atomic E-state index is 0.0753. The summed E-state index contributed by atoms with van der Waals surface area (Å²) in [6.45, 7) is 13.5. The Bertz CT molecular complexity index is 2000. The molecule has 1 saturated carbocycles. The van der Waals surface area contributed by atoms with Crippen LogP contribution in [0, 0.1) is 10.8 Å². The van der Waals surface area contributed by atoms with Crippen molar-refractivity contribution in [3.8, 4) is 22.5 Å². The Kier molecular flexibility index (Phi) is 11.4. The molecule has 2 amide bonds. The molecule has 2 aromatic heterocycles. The topological polar surface area (TPSA) is 134 Å². The van der Waals surface area contributed by atoms with Gasteiger partial charge in [0.2, 0.25) is 0 Å². The number of nitrogens with one attached hydrogen (secondary N) is 4. The lowest BCUT2D eigenvalue weighted by Crippen LogP contribution is -2.54. The zero-order chi connectivity index (χ0) is 43.5. The van der Waals surface area contributed by atoms with Gasteiger partial charge in [0.1, 0.15) is 36.1 Å². The number of ether oxygens (including phenoxy) is 2. The molecular formula is C46H58F4N6O4. The molecule has 2 aliphatic heterocycles. The van der Waals surface area contributed by atoms with Gasteiger partial charge in [-0.2, -0.15) is 0 Å². The Hall–Kier alpha value is -4.56. The van der Waals surface area contributed by atoms with E-state index in [4.69, 9.17) is 9.47 Å². The van der Waals surface area contributed by atoms with Gasteiger partial charge < -0.3 is 30.1 Å². The quantitative estimate of drug-likeness (QED) is 0.118. The first-order chi connectivity index (χ1) is 28.0. The Balaban J connectivity index is 0.990. The number of alkyl halides is 4. The van der Waals surface area contributed by atoms with Gasteiger partial charge in [0.05, 0.1) is 35.9 Å². The molecule has 4 N–H and O–H groups in total. The number of H-pyrrole nitrogens is 2. The molecule has 0 radical (unpaired) electrons. The SMILES string of the molecule is CC1(C(=O)NC(c2ncc(-c3ccc(C4CCC4c4ccc(-c5cnc(C(NC(=O)C6(C)CCC(F)(F)CO6)C(C)(C)C)[nH]5)cc4)cc3)[nH]2)C(C)(C)C)CCC(F)(F)CO1. The number of imidazole rings is 2. The van der Waals surface area contributed by atoms with Crippen LogP contribution in [-0.2, 0) is 19.1 Å². The number of carbonyl (C=O) groups excluding carboxylic acids is 2. The van der Waals surface area contributed by atoms with Gasteiger partial charge in [-0.15, -0.1) is 0 Å². The van der Waals surface area contributed by atoms with E-state index in [1.54, 1.807) is 26.2 Å². The molecule has 2 aromatic carbocycles. The lowest BCUT2D eigenvalue weighted by molar-refractivity contribution is -0.190. The van der Waals surface area contributed by atoms with Crippen LogP contribution in [-0.4, -0.2) is 68.0 Å². The number of hydrogen-bond donors (Lipinski definition) is 4. The van der Waals surface area contributed by atoms with Crippen LogP contribution in [0.2, 0.25) is 0 Å². The lowest BCUT2D eigenvalue weighted by Gasteiger charge is -2.38. The van der Waals surface area contributed by atoms with Gasteiger partial charge in [-0.05, 0) is 84.5 Å². The number of hydrogen-bond acceptors (Lipinski definition) is 6. The van der Waals surface area contributed by atoms with Crippen LogP contribution >= 0.6 is 0 Å². The minimum atomic E-state index is -2.93. The van der Waals surface area contributed by atoms with Crippen molar-refractivity contribution in [2.45, 2.75) is 141 Å². The van der Waals surface area contributed by atoms with Gasteiger partial charge >= 0.3 is 0 Å². The minimum Gasteiger partial charge on any atom is -0.359 e. The molecule has 4 heterocycles. The van der Waals surface area contributed by atoms with Gasteiger partial charge in [-0.1, -0.05) is 90.1 Å². The molecule has 3 fully saturated rings. The highest BCUT2D eigenvalue weighted by Gasteiger charge is 2.49. The van der Waals surface area contributed by atoms with Crippen LogP contribution in [0.5, 0.6) is 0 Å². The van der Waals surface area contributed by atoms with Crippen LogP contribution in [0.4, 0.5) is 17.6 Å². The van der Waals surface area contributed by atoms with Crippen LogP contribution in [0.15, 0.2) is 60.9 Å². The van der Waals surface area contributed by atoms with Crippen molar-refractivity contribution in [2.24, 2.45) is 10.8 Å². The molecule has 7 rings (SSSR count). The van der Waals surface area contributed by atoms with Crippen molar-refractivity contribution in [2.75, 3.05) is 13.2 Å². The summed E-state index contributed by atoms with van der Waals surface area (Å²) in [5.74, 6) is -4.87. The summed E-state index contributed by atoms with van der Waals surface area (Å²) in [4.78, 5) is 42.8. The molecule has 6 unspecified atom stereocenters. The van der Waals surface area contributed by atoms with E-state index in [0.29, 0.717) is 23.5 Å². The molecule has 60 heavy (non-hydrogen) atoms. The summed E-state index contributed by atoms with van der Waals surface area (Å²) in [5.41, 5.74) is 2.45. The Morgan fingerprint density at radius 2 is 0.983 bits per heavy atom. The smallest absolute Gasteiger partial charge is 0.271 e. The predicted octanol–water partition coefficient (Wildman–Crippen LogP) is 9.94. The van der Waals surface area contributed by atoms with E-state index in [1.165, 1.54) is 11.1 Å². The standard InChI is InChI=1S/C46H58F4N6O4/c1-41(2,3)35(55-39(57)43(7)19-21-45(47,48)25-59-43)37-51-23-33(53-37)29-13-9-27(10-14-29)31-17-18-32(31)28-11-15-30(16-12-28)34-24-52-38(54-34)36(42(4,5)6)56-40(58)44(8)20-22-46(49,50)26-60-44/h9-16,23-24,31-32,35-36H,17-22,25-26H2,1-8H3,(H,51,53)(H,52,54)(H,55,57)(H,56,58). The molecule has 6 atom stereocenters. The van der Waals surface area contributed by atoms with Crippen molar-refractivity contribution in [1.82, 2.24) is 30.6 Å². The van der Waals surface area contributed by atoms with E-state index in [1.807, 2.05) is 41.5 Å². The normalized spacial score (nSPS) is 26.4. The number of halogens is 4. The number of carbonyl (C=O) groups is 2. The average Bonchev–Trinajstić information content (AvgIpc) is 3.86. The number of rotatable bonds is 10. The van der Waals surface area contributed by atoms with Gasteiger partial charge in [0, 0.05) is 12.8 Å². The molecule has 10 nitrogen and oxygen atoms in total. The van der Waals surface area contributed by atoms with E-state index in [-0.39, 0.29) is 12.8 Å². The molecular weight excluding hydrogens is 777 g/mol. The highest BCUT2D eigenvalue weighted by atomic mass is 19.3. The fourth-order valence-corrected chi connectivity index (χ4v) is 8.35. The summed E-state index contributed by atoms with van der Waals surface area (Å²) in [7, 11) is 0. The Labute approximate surface area is 349 Å². The van der Waals surface area contributed by atoms with E-state index in [2.05, 4.69) is 79.1 Å². The van der Waals surface area contributed by atoms with Crippen molar-refractivity contribution < 1.29 is 36.6 Å². The number of aromatic amines is 2. The summed E-state index contributed by atoms with van der Waals surface area (Å²) in [6.07, 6.45) is 4.69.